The summed E-state index contributed by atoms with van der Waals surface area (Å²) in [4.78, 5) is 37.7. The van der Waals surface area contributed by atoms with Crippen molar-refractivity contribution in [3.05, 3.63) is 35.9 Å². The molecule has 4 N–H and O–H groups in total. The molecule has 1 aromatic carbocycles. The number of thiol groups is 1. The molecule has 1 aliphatic rings. The molecule has 0 aromatic heterocycles. The minimum atomic E-state index is -1.03. The summed E-state index contributed by atoms with van der Waals surface area (Å²) in [7, 11) is 0. The lowest BCUT2D eigenvalue weighted by atomic mass is 10.0. The lowest BCUT2D eigenvalue weighted by molar-refractivity contribution is -0.149. The SMILES string of the molecule is N[C@@H](CS)C(=O)N[C@@H](Cc1ccccc1)C(=O)N1CCC[C@@H]1C(=O)O. The molecule has 2 rings (SSSR count). The number of hydrogen-bond acceptors (Lipinski definition) is 5. The van der Waals surface area contributed by atoms with E-state index in [1.807, 2.05) is 30.3 Å². The van der Waals surface area contributed by atoms with Crippen LogP contribution in [-0.2, 0) is 20.8 Å². The maximum atomic E-state index is 12.9. The van der Waals surface area contributed by atoms with Crippen LogP contribution in [0, 0.1) is 0 Å². The molecule has 0 radical (unpaired) electrons. The molecule has 1 heterocycles. The van der Waals surface area contributed by atoms with Crippen LogP contribution >= 0.6 is 12.6 Å². The molecule has 2 amide bonds. The molecule has 0 saturated carbocycles. The predicted molar refractivity (Wildman–Crippen MR) is 96.3 cm³/mol. The summed E-state index contributed by atoms with van der Waals surface area (Å²) in [6.07, 6.45) is 1.32. The number of benzene rings is 1. The molecule has 3 atom stereocenters. The number of carbonyl (C=O) groups excluding carboxylic acids is 2. The van der Waals surface area contributed by atoms with Gasteiger partial charge in [-0.3, -0.25) is 9.59 Å². The molecular formula is C17H23N3O4S. The minimum Gasteiger partial charge on any atom is -0.480 e. The van der Waals surface area contributed by atoms with E-state index in [2.05, 4.69) is 17.9 Å². The molecule has 7 nitrogen and oxygen atoms in total. The second kappa shape index (κ2) is 8.87. The Morgan fingerprint density at radius 2 is 2.00 bits per heavy atom. The third-order valence-electron chi connectivity index (χ3n) is 4.25. The summed E-state index contributed by atoms with van der Waals surface area (Å²) in [6, 6.07) is 6.71. The highest BCUT2D eigenvalue weighted by atomic mass is 32.1. The van der Waals surface area contributed by atoms with Crippen molar-refractivity contribution in [3.63, 3.8) is 0 Å². The summed E-state index contributed by atoms with van der Waals surface area (Å²) in [5.74, 6) is -1.74. The van der Waals surface area contributed by atoms with Gasteiger partial charge in [-0.1, -0.05) is 30.3 Å². The van der Waals surface area contributed by atoms with Gasteiger partial charge in [0.1, 0.15) is 12.1 Å². The molecule has 0 aliphatic carbocycles. The molecular weight excluding hydrogens is 342 g/mol. The number of carboxylic acids is 1. The Balaban J connectivity index is 2.19. The average molecular weight is 365 g/mol. The molecule has 136 valence electrons. The maximum Gasteiger partial charge on any atom is 0.326 e. The third-order valence-corrected chi connectivity index (χ3v) is 4.65. The highest BCUT2D eigenvalue weighted by molar-refractivity contribution is 7.80. The maximum absolute atomic E-state index is 12.9. The van der Waals surface area contributed by atoms with Crippen LogP contribution in [0.25, 0.3) is 0 Å². The fraction of sp³-hybridized carbons (Fsp3) is 0.471. The predicted octanol–water partition coefficient (Wildman–Crippen LogP) is 0.0466. The van der Waals surface area contributed by atoms with E-state index in [0.717, 1.165) is 5.56 Å². The number of nitrogens with one attached hydrogen (secondary N) is 1. The van der Waals surface area contributed by atoms with E-state index in [-0.39, 0.29) is 12.2 Å². The molecule has 0 bridgehead atoms. The molecule has 1 saturated heterocycles. The van der Waals surface area contributed by atoms with Crippen molar-refractivity contribution >= 4 is 30.4 Å². The Morgan fingerprint density at radius 1 is 1.32 bits per heavy atom. The first-order chi connectivity index (χ1) is 11.9. The zero-order valence-electron chi connectivity index (χ0n) is 13.8. The smallest absolute Gasteiger partial charge is 0.326 e. The fourth-order valence-electron chi connectivity index (χ4n) is 2.90. The first kappa shape index (κ1) is 19.3. The van der Waals surface area contributed by atoms with Gasteiger partial charge in [0.15, 0.2) is 0 Å². The van der Waals surface area contributed by atoms with E-state index in [1.165, 1.54) is 4.90 Å². The van der Waals surface area contributed by atoms with Crippen molar-refractivity contribution < 1.29 is 19.5 Å². The summed E-state index contributed by atoms with van der Waals surface area (Å²) in [6.45, 7) is 0.371. The third kappa shape index (κ3) is 4.96. The van der Waals surface area contributed by atoms with E-state index >= 15 is 0 Å². The van der Waals surface area contributed by atoms with Crippen LogP contribution in [0.5, 0.6) is 0 Å². The van der Waals surface area contributed by atoms with Crippen LogP contribution in [0.15, 0.2) is 30.3 Å². The van der Waals surface area contributed by atoms with Crippen LogP contribution in [0.1, 0.15) is 18.4 Å². The quantitative estimate of drug-likeness (QED) is 0.510. The summed E-state index contributed by atoms with van der Waals surface area (Å²) in [5, 5.41) is 12.0. The van der Waals surface area contributed by atoms with Gasteiger partial charge in [0.25, 0.3) is 0 Å². The van der Waals surface area contributed by atoms with Crippen LogP contribution in [0.3, 0.4) is 0 Å². The molecule has 1 fully saturated rings. The number of nitrogens with zero attached hydrogens (tertiary/aromatic N) is 1. The second-order valence-corrected chi connectivity index (χ2v) is 6.43. The van der Waals surface area contributed by atoms with Gasteiger partial charge < -0.3 is 21.1 Å². The van der Waals surface area contributed by atoms with Gasteiger partial charge in [-0.25, -0.2) is 4.79 Å². The topological polar surface area (TPSA) is 113 Å². The largest absolute Gasteiger partial charge is 0.480 e. The summed E-state index contributed by atoms with van der Waals surface area (Å²) >= 11 is 4.00. The van der Waals surface area contributed by atoms with Gasteiger partial charge >= 0.3 is 5.97 Å². The fourth-order valence-corrected chi connectivity index (χ4v) is 3.06. The first-order valence-electron chi connectivity index (χ1n) is 8.18. The number of likely N-dealkylation sites (tertiary alicyclic amines) is 1. The number of nitrogens with two attached hydrogens (primary N) is 1. The number of aliphatic carboxylic acids is 1. The number of hydrogen-bond donors (Lipinski definition) is 4. The van der Waals surface area contributed by atoms with Crippen molar-refractivity contribution in [1.29, 1.82) is 0 Å². The lowest BCUT2D eigenvalue weighted by Crippen LogP contribution is -2.55. The molecule has 1 aromatic rings. The number of carbonyl (C=O) groups is 3. The normalized spacial score (nSPS) is 19.3. The van der Waals surface area contributed by atoms with Crippen LogP contribution in [0.2, 0.25) is 0 Å². The van der Waals surface area contributed by atoms with E-state index < -0.39 is 35.9 Å². The highest BCUT2D eigenvalue weighted by Gasteiger charge is 2.37. The van der Waals surface area contributed by atoms with Crippen LogP contribution in [-0.4, -0.2) is 58.2 Å². The van der Waals surface area contributed by atoms with Gasteiger partial charge in [-0.15, -0.1) is 0 Å². The van der Waals surface area contributed by atoms with Crippen LogP contribution < -0.4 is 11.1 Å². The van der Waals surface area contributed by atoms with E-state index in [4.69, 9.17) is 5.73 Å². The zero-order valence-corrected chi connectivity index (χ0v) is 14.7. The average Bonchev–Trinajstić information content (AvgIpc) is 3.10. The summed E-state index contributed by atoms with van der Waals surface area (Å²) in [5.41, 5.74) is 6.55. The molecule has 1 aliphatic heterocycles. The lowest BCUT2D eigenvalue weighted by Gasteiger charge is -2.28. The zero-order chi connectivity index (χ0) is 18.4. The first-order valence-corrected chi connectivity index (χ1v) is 8.81. The van der Waals surface area contributed by atoms with Gasteiger partial charge in [-0.05, 0) is 18.4 Å². The minimum absolute atomic E-state index is 0.152. The number of amides is 2. The Labute approximate surface area is 152 Å². The molecule has 0 unspecified atom stereocenters. The van der Waals surface area contributed by atoms with Crippen molar-refractivity contribution in [2.45, 2.75) is 37.4 Å². The van der Waals surface area contributed by atoms with Crippen molar-refractivity contribution in [2.24, 2.45) is 5.73 Å². The van der Waals surface area contributed by atoms with E-state index in [9.17, 15) is 19.5 Å². The number of carboxylic acid groups (broad SMARTS) is 1. The van der Waals surface area contributed by atoms with E-state index in [1.54, 1.807) is 0 Å². The van der Waals surface area contributed by atoms with Crippen molar-refractivity contribution in [1.82, 2.24) is 10.2 Å². The van der Waals surface area contributed by atoms with Crippen molar-refractivity contribution in [2.75, 3.05) is 12.3 Å². The highest BCUT2D eigenvalue weighted by Crippen LogP contribution is 2.19. The monoisotopic (exact) mass is 365 g/mol. The van der Waals surface area contributed by atoms with Crippen molar-refractivity contribution in [3.8, 4) is 0 Å². The molecule has 8 heteroatoms. The summed E-state index contributed by atoms with van der Waals surface area (Å²) < 4.78 is 0. The van der Waals surface area contributed by atoms with Gasteiger partial charge in [0.2, 0.25) is 11.8 Å². The number of rotatable bonds is 7. The molecule has 25 heavy (non-hydrogen) atoms. The van der Waals surface area contributed by atoms with Crippen LogP contribution in [0.4, 0.5) is 0 Å². The molecule has 0 spiro atoms. The Morgan fingerprint density at radius 3 is 2.60 bits per heavy atom. The Kier molecular flexibility index (Phi) is 6.83. The Hall–Kier alpha value is -2.06. The van der Waals surface area contributed by atoms with E-state index in [0.29, 0.717) is 19.4 Å². The Bertz CT molecular complexity index is 626. The standard InChI is InChI=1S/C17H23N3O4S/c18-12(10-25)15(21)19-13(9-11-5-2-1-3-6-11)16(22)20-8-4-7-14(20)17(23)24/h1-3,5-6,12-14,25H,4,7-10,18H2,(H,19,21)(H,23,24)/t12-,13-,14+/m0/s1. The second-order valence-electron chi connectivity index (χ2n) is 6.07. The van der Waals surface area contributed by atoms with Gasteiger partial charge in [-0.2, -0.15) is 12.6 Å². The van der Waals surface area contributed by atoms with Gasteiger partial charge in [0.05, 0.1) is 6.04 Å². The van der Waals surface area contributed by atoms with Gasteiger partial charge in [0, 0.05) is 18.7 Å².